The second kappa shape index (κ2) is 6.10. The molecule has 1 N–H and O–H groups in total. The molecule has 1 saturated carbocycles. The van der Waals surface area contributed by atoms with Crippen molar-refractivity contribution in [3.63, 3.8) is 0 Å². The summed E-state index contributed by atoms with van der Waals surface area (Å²) in [5.74, 6) is 0.811. The molecule has 0 bridgehead atoms. The topological polar surface area (TPSA) is 12.0 Å². The summed E-state index contributed by atoms with van der Waals surface area (Å²) in [7, 11) is 0. The standard InChI is InChI=1S/C14H19BrClN/c1-10(11-5-3-2-4-6-11)17-14-8-7-12(16)9-13(14)15/h7-11,17H,2-6H2,1H3. The summed E-state index contributed by atoms with van der Waals surface area (Å²) in [6.45, 7) is 2.29. The Bertz CT molecular complexity index is 374. The SMILES string of the molecule is CC(Nc1ccc(Cl)cc1Br)C1CCCCC1. The summed E-state index contributed by atoms with van der Waals surface area (Å²) < 4.78 is 1.05. The zero-order chi connectivity index (χ0) is 12.3. The van der Waals surface area contributed by atoms with Crippen molar-refractivity contribution in [2.75, 3.05) is 5.32 Å². The molecule has 1 nitrogen and oxygen atoms in total. The lowest BCUT2D eigenvalue weighted by Crippen LogP contribution is -2.27. The van der Waals surface area contributed by atoms with Crippen LogP contribution in [0.5, 0.6) is 0 Å². The predicted molar refractivity (Wildman–Crippen MR) is 78.8 cm³/mol. The number of halogens is 2. The fourth-order valence-electron chi connectivity index (χ4n) is 2.60. The Labute approximate surface area is 117 Å². The van der Waals surface area contributed by atoms with Gasteiger partial charge in [0.2, 0.25) is 0 Å². The normalized spacial score (nSPS) is 19.0. The van der Waals surface area contributed by atoms with E-state index in [1.165, 1.54) is 32.1 Å². The molecule has 0 heterocycles. The smallest absolute Gasteiger partial charge is 0.0487 e. The van der Waals surface area contributed by atoms with Gasteiger partial charge in [0.15, 0.2) is 0 Å². The Kier molecular flexibility index (Phi) is 4.75. The quantitative estimate of drug-likeness (QED) is 0.778. The van der Waals surface area contributed by atoms with Crippen LogP contribution in [0.25, 0.3) is 0 Å². The number of rotatable bonds is 3. The van der Waals surface area contributed by atoms with Gasteiger partial charge in [-0.1, -0.05) is 30.9 Å². The highest BCUT2D eigenvalue weighted by Gasteiger charge is 2.20. The van der Waals surface area contributed by atoms with Crippen LogP contribution >= 0.6 is 27.5 Å². The van der Waals surface area contributed by atoms with Crippen molar-refractivity contribution >= 4 is 33.2 Å². The molecule has 1 aliphatic rings. The van der Waals surface area contributed by atoms with Crippen molar-refractivity contribution in [1.29, 1.82) is 0 Å². The van der Waals surface area contributed by atoms with Gasteiger partial charge in [-0.2, -0.15) is 0 Å². The number of hydrogen-bond acceptors (Lipinski definition) is 1. The van der Waals surface area contributed by atoms with E-state index in [4.69, 9.17) is 11.6 Å². The van der Waals surface area contributed by atoms with E-state index in [2.05, 4.69) is 28.2 Å². The largest absolute Gasteiger partial charge is 0.381 e. The predicted octanol–water partition coefficient (Wildman–Crippen LogP) is 5.48. The minimum Gasteiger partial charge on any atom is -0.381 e. The van der Waals surface area contributed by atoms with E-state index >= 15 is 0 Å². The third-order valence-corrected chi connectivity index (χ3v) is 4.56. The highest BCUT2D eigenvalue weighted by molar-refractivity contribution is 9.10. The molecule has 1 aromatic carbocycles. The molecule has 0 amide bonds. The molecular weight excluding hydrogens is 298 g/mol. The third-order valence-electron chi connectivity index (χ3n) is 3.67. The summed E-state index contributed by atoms with van der Waals surface area (Å²) >= 11 is 9.50. The molecule has 0 spiro atoms. The van der Waals surface area contributed by atoms with E-state index in [0.29, 0.717) is 6.04 Å². The highest BCUT2D eigenvalue weighted by atomic mass is 79.9. The molecule has 1 aromatic rings. The first kappa shape index (κ1) is 13.2. The minimum absolute atomic E-state index is 0.535. The average Bonchev–Trinajstić information content (AvgIpc) is 2.34. The van der Waals surface area contributed by atoms with Crippen LogP contribution in [0.2, 0.25) is 5.02 Å². The molecule has 94 valence electrons. The van der Waals surface area contributed by atoms with Gasteiger partial charge in [-0.25, -0.2) is 0 Å². The van der Waals surface area contributed by atoms with Crippen LogP contribution in [0, 0.1) is 5.92 Å². The summed E-state index contributed by atoms with van der Waals surface area (Å²) in [6, 6.07) is 6.46. The van der Waals surface area contributed by atoms with E-state index in [0.717, 1.165) is 21.1 Å². The second-order valence-corrected chi connectivity index (χ2v) is 6.25. The number of nitrogens with one attached hydrogen (secondary N) is 1. The number of anilines is 1. The van der Waals surface area contributed by atoms with Crippen LogP contribution in [-0.4, -0.2) is 6.04 Å². The Morgan fingerprint density at radius 3 is 2.65 bits per heavy atom. The van der Waals surface area contributed by atoms with Crippen LogP contribution in [0.1, 0.15) is 39.0 Å². The van der Waals surface area contributed by atoms with Gasteiger partial charge in [0.1, 0.15) is 0 Å². The van der Waals surface area contributed by atoms with Gasteiger partial charge in [0.25, 0.3) is 0 Å². The van der Waals surface area contributed by atoms with Crippen molar-refractivity contribution in [2.24, 2.45) is 5.92 Å². The molecule has 0 radical (unpaired) electrons. The van der Waals surface area contributed by atoms with E-state index < -0.39 is 0 Å². The van der Waals surface area contributed by atoms with Gasteiger partial charge in [-0.05, 0) is 59.8 Å². The Hall–Kier alpha value is -0.210. The number of hydrogen-bond donors (Lipinski definition) is 1. The first-order valence-electron chi connectivity index (χ1n) is 6.38. The van der Waals surface area contributed by atoms with Crippen LogP contribution < -0.4 is 5.32 Å². The van der Waals surface area contributed by atoms with Crippen molar-refractivity contribution in [2.45, 2.75) is 45.1 Å². The molecule has 17 heavy (non-hydrogen) atoms. The maximum atomic E-state index is 5.94. The van der Waals surface area contributed by atoms with Gasteiger partial charge in [-0.15, -0.1) is 0 Å². The van der Waals surface area contributed by atoms with Crippen LogP contribution in [0.4, 0.5) is 5.69 Å². The zero-order valence-corrected chi connectivity index (χ0v) is 12.5. The molecular formula is C14H19BrClN. The lowest BCUT2D eigenvalue weighted by atomic mass is 9.84. The van der Waals surface area contributed by atoms with Crippen LogP contribution in [-0.2, 0) is 0 Å². The first-order chi connectivity index (χ1) is 8.16. The van der Waals surface area contributed by atoms with E-state index in [1.807, 2.05) is 18.2 Å². The summed E-state index contributed by atoms with van der Waals surface area (Å²) in [5.41, 5.74) is 1.15. The van der Waals surface area contributed by atoms with Crippen molar-refractivity contribution in [3.05, 3.63) is 27.7 Å². The summed E-state index contributed by atoms with van der Waals surface area (Å²) in [5, 5.41) is 4.37. The van der Waals surface area contributed by atoms with Crippen molar-refractivity contribution in [3.8, 4) is 0 Å². The average molecular weight is 317 g/mol. The third kappa shape index (κ3) is 3.62. The van der Waals surface area contributed by atoms with E-state index in [9.17, 15) is 0 Å². The van der Waals surface area contributed by atoms with Crippen LogP contribution in [0.15, 0.2) is 22.7 Å². The summed E-state index contributed by atoms with van der Waals surface area (Å²) in [4.78, 5) is 0. The Morgan fingerprint density at radius 2 is 2.00 bits per heavy atom. The monoisotopic (exact) mass is 315 g/mol. The van der Waals surface area contributed by atoms with Gasteiger partial charge >= 0.3 is 0 Å². The van der Waals surface area contributed by atoms with Gasteiger partial charge in [0, 0.05) is 21.2 Å². The van der Waals surface area contributed by atoms with E-state index in [-0.39, 0.29) is 0 Å². The zero-order valence-electron chi connectivity index (χ0n) is 10.2. The van der Waals surface area contributed by atoms with Crippen molar-refractivity contribution in [1.82, 2.24) is 0 Å². The van der Waals surface area contributed by atoms with Gasteiger partial charge < -0.3 is 5.32 Å². The molecule has 0 saturated heterocycles. The molecule has 3 heteroatoms. The maximum absolute atomic E-state index is 5.94. The highest BCUT2D eigenvalue weighted by Crippen LogP contribution is 2.31. The Morgan fingerprint density at radius 1 is 1.29 bits per heavy atom. The van der Waals surface area contributed by atoms with Gasteiger partial charge in [-0.3, -0.25) is 0 Å². The molecule has 0 aliphatic heterocycles. The molecule has 1 fully saturated rings. The number of benzene rings is 1. The second-order valence-electron chi connectivity index (χ2n) is 4.96. The molecule has 0 aromatic heterocycles. The first-order valence-corrected chi connectivity index (χ1v) is 7.55. The molecule has 1 aliphatic carbocycles. The Balaban J connectivity index is 1.99. The van der Waals surface area contributed by atoms with Crippen LogP contribution in [0.3, 0.4) is 0 Å². The molecule has 1 unspecified atom stereocenters. The lowest BCUT2D eigenvalue weighted by molar-refractivity contribution is 0.328. The fourth-order valence-corrected chi connectivity index (χ4v) is 3.40. The van der Waals surface area contributed by atoms with Crippen molar-refractivity contribution < 1.29 is 0 Å². The van der Waals surface area contributed by atoms with E-state index in [1.54, 1.807) is 0 Å². The van der Waals surface area contributed by atoms with Gasteiger partial charge in [0.05, 0.1) is 0 Å². The lowest BCUT2D eigenvalue weighted by Gasteiger charge is -2.29. The molecule has 1 atom stereocenters. The fraction of sp³-hybridized carbons (Fsp3) is 0.571. The minimum atomic E-state index is 0.535. The summed E-state index contributed by atoms with van der Waals surface area (Å²) in [6.07, 6.45) is 6.91. The maximum Gasteiger partial charge on any atom is 0.0487 e. The molecule has 2 rings (SSSR count).